The summed E-state index contributed by atoms with van der Waals surface area (Å²) in [6.45, 7) is 24.1. The Morgan fingerprint density at radius 3 is 1.62 bits per heavy atom. The van der Waals surface area contributed by atoms with Crippen LogP contribution in [0.15, 0.2) is 88.0 Å². The standard InChI is InChI=1S/C25H33N.C21H34N2.C5H4BrN.C4H9O.C2H6.CH4.Li/c1-17-10-12-24(2)19(15-17)6-7-20-22-9-8-21(18-5-4-14-26-16-18)25(22,3)13-11-23(20)24;1-14-9-11-20(2)15(13-14)5-6-16-17-7-8-19(23-22-4)21(17,3)12-10-18(16)20;6-5-2-1-3-7-4-5;1-4(2,3)5;1-2;;/h4-6,8,14,16-17,20,22-23H,7,9-13,15H2,1-3H3;5,14,16-18,22H,6-13H2,1-4H3;1-4H;1-3H3;1-2H3;1H4;/q;;;-1;;;+1/b;23-19+;;;;;/t17-,20?,22?,23?,24-,25+;14-,16?,17?,18?,20-,21-;;;;;/m00...../s1. The average Bonchev–Trinajstić information content (AvgIpc) is 3.79. The molecule has 10 rings (SSSR count). The fourth-order valence-electron chi connectivity index (χ4n) is 14.7. The summed E-state index contributed by atoms with van der Waals surface area (Å²) in [4.78, 5) is 8.24. The summed E-state index contributed by atoms with van der Waals surface area (Å²) >= 11 is 3.25. The number of rotatable bonds is 2. The first kappa shape index (κ1) is 55.6. The molecule has 0 aliphatic heterocycles. The first-order valence-corrected chi connectivity index (χ1v) is 26.2. The summed E-state index contributed by atoms with van der Waals surface area (Å²) in [5, 5.41) is 14.8. The van der Waals surface area contributed by atoms with Gasteiger partial charge in [-0.3, -0.25) is 9.97 Å². The van der Waals surface area contributed by atoms with Gasteiger partial charge in [0.05, 0.1) is 0 Å². The molecule has 0 bridgehead atoms. The van der Waals surface area contributed by atoms with E-state index in [1.54, 1.807) is 38.7 Å². The van der Waals surface area contributed by atoms with Gasteiger partial charge in [-0.25, -0.2) is 0 Å². The SMILES string of the molecule is Brc1cccnc1.C.CC.CC(C)(C)[O-].CN/N=C1\CCC2C3CC=C4C[C@@H](C)CC[C@]4(C)C3CC[C@]12C.C[C@H]1CC[C@@]2(C)C(=CCC3C2CC[C@]2(C)C(c4cccnc4)=CCC32)C1.[Li+]. The van der Waals surface area contributed by atoms with Crippen LogP contribution in [0.4, 0.5) is 0 Å². The van der Waals surface area contributed by atoms with Gasteiger partial charge in [-0.15, -0.1) is 5.60 Å². The monoisotopic (exact) mass is 945 g/mol. The van der Waals surface area contributed by atoms with Crippen LogP contribution in [-0.2, 0) is 0 Å². The van der Waals surface area contributed by atoms with Crippen molar-refractivity contribution in [3.05, 3.63) is 88.5 Å². The third-order valence-electron chi connectivity index (χ3n) is 17.9. The quantitative estimate of drug-likeness (QED) is 0.185. The number of fused-ring (bicyclic) bond motifs is 10. The largest absolute Gasteiger partial charge is 1.00 e. The molecule has 2 heterocycles. The first-order valence-electron chi connectivity index (χ1n) is 25.4. The van der Waals surface area contributed by atoms with Crippen molar-refractivity contribution in [1.29, 1.82) is 0 Å². The summed E-state index contributed by atoms with van der Waals surface area (Å²) < 4.78 is 1.02. The topological polar surface area (TPSA) is 73.2 Å². The molecule has 5 fully saturated rings. The van der Waals surface area contributed by atoms with E-state index in [4.69, 9.17) is 0 Å². The van der Waals surface area contributed by atoms with Gasteiger partial charge in [0.15, 0.2) is 0 Å². The number of allylic oxidation sites excluding steroid dienone is 6. The van der Waals surface area contributed by atoms with Crippen molar-refractivity contribution in [2.24, 2.45) is 74.1 Å². The minimum absolute atomic E-state index is 0. The molecule has 0 saturated heterocycles. The molecule has 2 aromatic heterocycles. The summed E-state index contributed by atoms with van der Waals surface area (Å²) in [6.07, 6.45) is 35.9. The molecule has 0 spiro atoms. The third kappa shape index (κ3) is 11.9. The summed E-state index contributed by atoms with van der Waals surface area (Å²) in [6, 6.07) is 8.18. The Bertz CT molecular complexity index is 1930. The first-order chi connectivity index (χ1) is 29.9. The number of hydrogen-bond acceptors (Lipinski definition) is 5. The zero-order valence-corrected chi connectivity index (χ0v) is 44.3. The number of hydrogen-bond donors (Lipinski definition) is 1. The van der Waals surface area contributed by atoms with Gasteiger partial charge in [-0.2, -0.15) is 5.10 Å². The van der Waals surface area contributed by atoms with E-state index in [1.807, 2.05) is 50.4 Å². The number of nitrogens with zero attached hydrogens (tertiary/aromatic N) is 3. The molecular weight excluding hydrogens is 856 g/mol. The van der Waals surface area contributed by atoms with Crippen molar-refractivity contribution in [3.8, 4) is 0 Å². The Kier molecular flexibility index (Phi) is 19.8. The maximum atomic E-state index is 10.1. The van der Waals surface area contributed by atoms with Crippen molar-refractivity contribution in [3.63, 3.8) is 0 Å². The molecule has 12 atom stereocenters. The molecule has 8 aliphatic rings. The minimum atomic E-state index is -0.750. The molecule has 356 valence electrons. The van der Waals surface area contributed by atoms with E-state index in [-0.39, 0.29) is 26.3 Å². The van der Waals surface area contributed by atoms with Crippen molar-refractivity contribution in [1.82, 2.24) is 15.4 Å². The molecule has 0 amide bonds. The number of halogens is 1. The van der Waals surface area contributed by atoms with Crippen LogP contribution in [0.2, 0.25) is 0 Å². The van der Waals surface area contributed by atoms with E-state index in [2.05, 4.69) is 115 Å². The second-order valence-electron chi connectivity index (χ2n) is 22.8. The van der Waals surface area contributed by atoms with Gasteiger partial charge in [0.25, 0.3) is 0 Å². The molecular formula is C58H90BrLiN4O. The van der Waals surface area contributed by atoms with Crippen molar-refractivity contribution < 1.29 is 24.0 Å². The van der Waals surface area contributed by atoms with Crippen LogP contribution in [0.1, 0.15) is 185 Å². The van der Waals surface area contributed by atoms with E-state index in [9.17, 15) is 5.11 Å². The zero-order valence-electron chi connectivity index (χ0n) is 42.7. The number of pyridine rings is 2. The van der Waals surface area contributed by atoms with Gasteiger partial charge in [0, 0.05) is 47.4 Å². The van der Waals surface area contributed by atoms with Gasteiger partial charge in [-0.05, 0) is 205 Å². The second-order valence-corrected chi connectivity index (χ2v) is 23.7. The Labute approximate surface area is 419 Å². The summed E-state index contributed by atoms with van der Waals surface area (Å²) in [7, 11) is 1.95. The maximum absolute atomic E-state index is 10.1. The van der Waals surface area contributed by atoms with Gasteiger partial charge in [0.2, 0.25) is 0 Å². The molecule has 7 heteroatoms. The van der Waals surface area contributed by atoms with Gasteiger partial charge < -0.3 is 10.5 Å². The van der Waals surface area contributed by atoms with Crippen LogP contribution in [0.25, 0.3) is 5.57 Å². The van der Waals surface area contributed by atoms with Crippen molar-refractivity contribution >= 4 is 27.2 Å². The maximum Gasteiger partial charge on any atom is 1.00 e. The molecule has 8 aliphatic carbocycles. The van der Waals surface area contributed by atoms with Crippen LogP contribution in [0.5, 0.6) is 0 Å². The predicted octanol–water partition coefficient (Wildman–Crippen LogP) is 12.5. The van der Waals surface area contributed by atoms with E-state index >= 15 is 0 Å². The van der Waals surface area contributed by atoms with Crippen LogP contribution < -0.4 is 29.4 Å². The van der Waals surface area contributed by atoms with E-state index in [1.165, 1.54) is 108 Å². The predicted molar refractivity (Wildman–Crippen MR) is 276 cm³/mol. The van der Waals surface area contributed by atoms with Crippen LogP contribution in [0.3, 0.4) is 0 Å². The fourth-order valence-corrected chi connectivity index (χ4v) is 14.9. The zero-order chi connectivity index (χ0) is 45.8. The Morgan fingerprint density at radius 2 is 1.15 bits per heavy atom. The van der Waals surface area contributed by atoms with Gasteiger partial charge in [-0.1, -0.05) is 119 Å². The molecule has 65 heavy (non-hydrogen) atoms. The van der Waals surface area contributed by atoms with Crippen LogP contribution >= 0.6 is 15.9 Å². The molecule has 0 aromatic carbocycles. The van der Waals surface area contributed by atoms with Crippen LogP contribution in [0, 0.1) is 69.0 Å². The van der Waals surface area contributed by atoms with E-state index in [0.717, 1.165) is 51.8 Å². The Balaban J connectivity index is 0.000000216. The van der Waals surface area contributed by atoms with Crippen LogP contribution in [-0.4, -0.2) is 28.3 Å². The van der Waals surface area contributed by atoms with Crippen molar-refractivity contribution in [2.75, 3.05) is 7.05 Å². The molecule has 6 unspecified atom stereocenters. The summed E-state index contributed by atoms with van der Waals surface area (Å²) in [5.41, 5.74) is 12.1. The minimum Gasteiger partial charge on any atom is -0.850 e. The van der Waals surface area contributed by atoms with E-state index in [0.29, 0.717) is 21.7 Å². The molecule has 2 aromatic rings. The number of aromatic nitrogens is 2. The van der Waals surface area contributed by atoms with Gasteiger partial charge >= 0.3 is 18.9 Å². The van der Waals surface area contributed by atoms with Gasteiger partial charge in [0.1, 0.15) is 0 Å². The van der Waals surface area contributed by atoms with Crippen molar-refractivity contribution in [2.45, 2.75) is 186 Å². The van der Waals surface area contributed by atoms with E-state index < -0.39 is 5.60 Å². The Morgan fingerprint density at radius 1 is 0.677 bits per heavy atom. The Hall–Kier alpha value is -1.97. The summed E-state index contributed by atoms with van der Waals surface area (Å²) in [5.74, 6) is 7.11. The average molecular weight is 946 g/mol. The molecule has 5 nitrogen and oxygen atoms in total. The smallest absolute Gasteiger partial charge is 0.850 e. The number of hydrazone groups is 1. The molecule has 5 saturated carbocycles. The second kappa shape index (κ2) is 23.1. The fraction of sp³-hybridized carbons (Fsp3) is 0.707. The number of nitrogens with one attached hydrogen (secondary N) is 1. The molecule has 0 radical (unpaired) electrons. The molecule has 1 N–H and O–H groups in total. The normalized spacial score (nSPS) is 37.7. The third-order valence-corrected chi connectivity index (χ3v) is 18.3.